The zero-order valence-electron chi connectivity index (χ0n) is 18.1. The molecule has 0 unspecified atom stereocenters. The molecule has 0 radical (unpaired) electrons. The van der Waals surface area contributed by atoms with Gasteiger partial charge in [0.05, 0.1) is 12.4 Å². The minimum Gasteiger partial charge on any atom is -0.473 e. The lowest BCUT2D eigenvalue weighted by atomic mass is 9.55. The largest absolute Gasteiger partial charge is 0.473 e. The second kappa shape index (κ2) is 8.01. The van der Waals surface area contributed by atoms with Crippen molar-refractivity contribution in [3.05, 3.63) is 24.2 Å². The maximum absolute atomic E-state index is 12.8. The highest BCUT2D eigenvalue weighted by Gasteiger charge is 2.49. The van der Waals surface area contributed by atoms with E-state index in [0.29, 0.717) is 48.7 Å². The van der Waals surface area contributed by atoms with Crippen LogP contribution in [0.25, 0.3) is 0 Å². The van der Waals surface area contributed by atoms with E-state index in [-0.39, 0.29) is 17.0 Å². The van der Waals surface area contributed by atoms with Crippen LogP contribution in [0.3, 0.4) is 0 Å². The summed E-state index contributed by atoms with van der Waals surface area (Å²) in [7, 11) is -1.84. The SMILES string of the molecule is Cn1cc(S(=O)(=O)N2CCC(Nc3ncc(C#N)c(OC4CC5(CCC5)C4)n3)CC2)cn1. The van der Waals surface area contributed by atoms with Crippen LogP contribution in [0.1, 0.15) is 50.5 Å². The molecular formula is C21H27N7O3S. The Bertz CT molecular complexity index is 1140. The van der Waals surface area contributed by atoms with Gasteiger partial charge < -0.3 is 10.1 Å². The molecule has 2 aromatic heterocycles. The van der Waals surface area contributed by atoms with Crippen LogP contribution in [0.2, 0.25) is 0 Å². The van der Waals surface area contributed by atoms with Crippen molar-refractivity contribution in [3.8, 4) is 11.9 Å². The molecule has 11 heteroatoms. The Morgan fingerprint density at radius 3 is 2.59 bits per heavy atom. The van der Waals surface area contributed by atoms with Crippen LogP contribution in [0.5, 0.6) is 5.88 Å². The van der Waals surface area contributed by atoms with Gasteiger partial charge in [0.1, 0.15) is 22.6 Å². The summed E-state index contributed by atoms with van der Waals surface area (Å²) in [6.07, 6.45) is 11.7. The van der Waals surface area contributed by atoms with Crippen molar-refractivity contribution in [1.82, 2.24) is 24.1 Å². The summed E-state index contributed by atoms with van der Waals surface area (Å²) in [5, 5.41) is 16.6. The maximum atomic E-state index is 12.8. The van der Waals surface area contributed by atoms with Gasteiger partial charge in [-0.05, 0) is 43.9 Å². The van der Waals surface area contributed by atoms with Crippen LogP contribution in [-0.2, 0) is 17.1 Å². The molecule has 0 amide bonds. The van der Waals surface area contributed by atoms with Crippen molar-refractivity contribution < 1.29 is 13.2 Å². The summed E-state index contributed by atoms with van der Waals surface area (Å²) in [5.41, 5.74) is 0.817. The second-order valence-corrected chi connectivity index (χ2v) is 11.1. The summed E-state index contributed by atoms with van der Waals surface area (Å²) in [6.45, 7) is 0.803. The van der Waals surface area contributed by atoms with Crippen molar-refractivity contribution in [2.24, 2.45) is 12.5 Å². The fourth-order valence-corrected chi connectivity index (χ4v) is 6.39. The number of anilines is 1. The van der Waals surface area contributed by atoms with Gasteiger partial charge in [-0.15, -0.1) is 0 Å². The summed E-state index contributed by atoms with van der Waals surface area (Å²) in [4.78, 5) is 8.93. The molecule has 2 aliphatic carbocycles. The van der Waals surface area contributed by atoms with Crippen LogP contribution in [0.4, 0.5) is 5.95 Å². The Morgan fingerprint density at radius 1 is 1.25 bits per heavy atom. The number of ether oxygens (including phenoxy) is 1. The molecule has 1 spiro atoms. The second-order valence-electron chi connectivity index (χ2n) is 9.20. The first kappa shape index (κ1) is 21.2. The zero-order chi connectivity index (χ0) is 22.3. The number of nitrogens with one attached hydrogen (secondary N) is 1. The van der Waals surface area contributed by atoms with Crippen molar-refractivity contribution in [2.45, 2.75) is 62.0 Å². The van der Waals surface area contributed by atoms with Crippen LogP contribution < -0.4 is 10.1 Å². The topological polar surface area (TPSA) is 126 Å². The summed E-state index contributed by atoms with van der Waals surface area (Å²) < 4.78 is 34.5. The Labute approximate surface area is 187 Å². The van der Waals surface area contributed by atoms with Crippen molar-refractivity contribution in [3.63, 3.8) is 0 Å². The molecule has 1 N–H and O–H groups in total. The first-order valence-electron chi connectivity index (χ1n) is 11.1. The number of aromatic nitrogens is 4. The van der Waals surface area contributed by atoms with Gasteiger partial charge in [0.25, 0.3) is 0 Å². The standard InChI is InChI=1S/C21H27N7O3S/c1-27-14-18(13-24-27)32(29,30)28-7-3-16(4-8-28)25-20-23-12-15(11-22)19(26-20)31-17-9-21(10-17)5-2-6-21/h12-14,16-17H,2-10H2,1H3,(H,23,25,26). The van der Waals surface area contributed by atoms with E-state index < -0.39 is 10.0 Å². The van der Waals surface area contributed by atoms with Gasteiger partial charge >= 0.3 is 0 Å². The highest BCUT2D eigenvalue weighted by molar-refractivity contribution is 7.89. The molecule has 32 heavy (non-hydrogen) atoms. The summed E-state index contributed by atoms with van der Waals surface area (Å²) >= 11 is 0. The van der Waals surface area contributed by atoms with E-state index in [1.54, 1.807) is 7.05 Å². The molecule has 0 atom stereocenters. The smallest absolute Gasteiger partial charge is 0.246 e. The van der Waals surface area contributed by atoms with Crippen LogP contribution in [0, 0.1) is 16.7 Å². The number of nitriles is 1. The Morgan fingerprint density at radius 2 is 2.00 bits per heavy atom. The quantitative estimate of drug-likeness (QED) is 0.698. The van der Waals surface area contributed by atoms with Gasteiger partial charge in [-0.1, -0.05) is 6.42 Å². The molecule has 170 valence electrons. The highest BCUT2D eigenvalue weighted by Crippen LogP contribution is 2.56. The monoisotopic (exact) mass is 457 g/mol. The predicted octanol–water partition coefficient (Wildman–Crippen LogP) is 2.06. The fourth-order valence-electron chi connectivity index (χ4n) is 4.94. The predicted molar refractivity (Wildman–Crippen MR) is 115 cm³/mol. The molecule has 3 fully saturated rings. The first-order chi connectivity index (χ1) is 15.4. The Hall–Kier alpha value is -2.71. The highest BCUT2D eigenvalue weighted by atomic mass is 32.2. The number of aryl methyl sites for hydroxylation is 1. The molecule has 3 heterocycles. The van der Waals surface area contributed by atoms with E-state index in [4.69, 9.17) is 4.74 Å². The molecule has 0 aromatic carbocycles. The Balaban J connectivity index is 1.19. The number of piperidine rings is 1. The molecule has 3 aliphatic rings. The third-order valence-electron chi connectivity index (χ3n) is 6.99. The first-order valence-corrected chi connectivity index (χ1v) is 12.5. The maximum Gasteiger partial charge on any atom is 0.246 e. The number of hydrogen-bond acceptors (Lipinski definition) is 8. The van der Waals surface area contributed by atoms with Gasteiger partial charge in [0.15, 0.2) is 0 Å². The number of sulfonamides is 1. The average molecular weight is 458 g/mol. The van der Waals surface area contributed by atoms with Crippen molar-refractivity contribution in [2.75, 3.05) is 18.4 Å². The molecule has 2 saturated carbocycles. The van der Waals surface area contributed by atoms with Gasteiger partial charge in [-0.25, -0.2) is 13.4 Å². The lowest BCUT2D eigenvalue weighted by Gasteiger charge is -2.53. The van der Waals surface area contributed by atoms with E-state index in [1.165, 1.54) is 46.8 Å². The molecule has 10 nitrogen and oxygen atoms in total. The van der Waals surface area contributed by atoms with Gasteiger partial charge in [-0.2, -0.15) is 19.6 Å². The number of hydrogen-bond donors (Lipinski definition) is 1. The minimum absolute atomic E-state index is 0.0399. The fraction of sp³-hybridized carbons (Fsp3) is 0.619. The third kappa shape index (κ3) is 3.93. The van der Waals surface area contributed by atoms with E-state index in [2.05, 4.69) is 26.5 Å². The molecular weight excluding hydrogens is 430 g/mol. The number of rotatable bonds is 6. The van der Waals surface area contributed by atoms with E-state index >= 15 is 0 Å². The van der Waals surface area contributed by atoms with E-state index in [9.17, 15) is 13.7 Å². The van der Waals surface area contributed by atoms with E-state index in [1.807, 2.05) is 0 Å². The minimum atomic E-state index is -3.54. The molecule has 5 rings (SSSR count). The van der Waals surface area contributed by atoms with Crippen LogP contribution in [0.15, 0.2) is 23.5 Å². The molecule has 2 aromatic rings. The van der Waals surface area contributed by atoms with Gasteiger partial charge in [0, 0.05) is 32.4 Å². The molecule has 1 saturated heterocycles. The van der Waals surface area contributed by atoms with Crippen LogP contribution >= 0.6 is 0 Å². The lowest BCUT2D eigenvalue weighted by molar-refractivity contribution is -0.0698. The summed E-state index contributed by atoms with van der Waals surface area (Å²) in [5.74, 6) is 0.742. The average Bonchev–Trinajstić information content (AvgIpc) is 3.17. The van der Waals surface area contributed by atoms with Crippen molar-refractivity contribution in [1.29, 1.82) is 5.26 Å². The third-order valence-corrected chi connectivity index (χ3v) is 8.85. The van der Waals surface area contributed by atoms with Crippen molar-refractivity contribution >= 4 is 16.0 Å². The Kier molecular flexibility index (Phi) is 5.29. The van der Waals surface area contributed by atoms with Crippen LogP contribution in [-0.4, -0.2) is 57.7 Å². The molecule has 1 aliphatic heterocycles. The summed E-state index contributed by atoms with van der Waals surface area (Å²) in [6, 6.07) is 2.15. The number of nitrogens with zero attached hydrogens (tertiary/aromatic N) is 6. The van der Waals surface area contributed by atoms with Gasteiger partial charge in [0.2, 0.25) is 21.9 Å². The van der Waals surface area contributed by atoms with Gasteiger partial charge in [-0.3, -0.25) is 4.68 Å². The molecule has 0 bridgehead atoms. The van der Waals surface area contributed by atoms with E-state index in [0.717, 1.165) is 12.8 Å². The normalized spacial score (nSPS) is 21.5. The zero-order valence-corrected chi connectivity index (χ0v) is 18.9. The lowest BCUT2D eigenvalue weighted by Crippen LogP contribution is -2.48.